The zero-order valence-electron chi connectivity index (χ0n) is 15.9. The maximum Gasteiger partial charge on any atom is 0.236 e. The smallest absolute Gasteiger partial charge is 0.236 e. The van der Waals surface area contributed by atoms with E-state index in [9.17, 15) is 9.59 Å². The molecule has 5 heteroatoms. The molecule has 0 spiro atoms. The molecule has 2 saturated heterocycles. The summed E-state index contributed by atoms with van der Waals surface area (Å²) in [7, 11) is 0. The molecular weight excluding hydrogens is 326 g/mol. The lowest BCUT2D eigenvalue weighted by molar-refractivity contribution is -0.134. The summed E-state index contributed by atoms with van der Waals surface area (Å²) in [6, 6.07) is 10.3. The molecule has 2 amide bonds. The van der Waals surface area contributed by atoms with E-state index >= 15 is 0 Å². The van der Waals surface area contributed by atoms with Gasteiger partial charge in [-0.1, -0.05) is 37.3 Å². The van der Waals surface area contributed by atoms with Crippen molar-refractivity contribution in [1.29, 1.82) is 0 Å². The van der Waals surface area contributed by atoms with E-state index in [0.29, 0.717) is 26.1 Å². The lowest BCUT2D eigenvalue weighted by atomic mass is 10.1. The van der Waals surface area contributed by atoms with Crippen molar-refractivity contribution in [2.45, 2.75) is 51.6 Å². The predicted molar refractivity (Wildman–Crippen MR) is 103 cm³/mol. The Balaban J connectivity index is 1.63. The monoisotopic (exact) mass is 357 g/mol. The van der Waals surface area contributed by atoms with Gasteiger partial charge in [0, 0.05) is 45.2 Å². The molecule has 2 aliphatic heterocycles. The first-order valence-corrected chi connectivity index (χ1v) is 10.0. The average Bonchev–Trinajstić information content (AvgIpc) is 2.83. The number of carbonyl (C=O) groups excluding carboxylic acids is 2. The van der Waals surface area contributed by atoms with Crippen LogP contribution in [0, 0.1) is 0 Å². The fourth-order valence-corrected chi connectivity index (χ4v) is 4.01. The Kier molecular flexibility index (Phi) is 6.67. The summed E-state index contributed by atoms with van der Waals surface area (Å²) in [6.07, 6.45) is 4.87. The van der Waals surface area contributed by atoms with Crippen LogP contribution >= 0.6 is 0 Å². The third-order valence-electron chi connectivity index (χ3n) is 5.61. The summed E-state index contributed by atoms with van der Waals surface area (Å²) in [5.41, 5.74) is 1.16. The molecule has 2 heterocycles. The number of nitrogens with zero attached hydrogens (tertiary/aromatic N) is 3. The van der Waals surface area contributed by atoms with Crippen LogP contribution in [0.5, 0.6) is 0 Å². The van der Waals surface area contributed by atoms with Crippen molar-refractivity contribution >= 4 is 11.8 Å². The van der Waals surface area contributed by atoms with E-state index in [-0.39, 0.29) is 17.9 Å². The summed E-state index contributed by atoms with van der Waals surface area (Å²) in [6.45, 7) is 6.49. The quantitative estimate of drug-likeness (QED) is 0.813. The van der Waals surface area contributed by atoms with Gasteiger partial charge in [0.05, 0.1) is 6.54 Å². The Bertz CT molecular complexity index is 599. The molecule has 0 aromatic heterocycles. The second kappa shape index (κ2) is 9.17. The van der Waals surface area contributed by atoms with Crippen LogP contribution in [-0.4, -0.2) is 65.3 Å². The number of benzene rings is 1. The van der Waals surface area contributed by atoms with Crippen LogP contribution < -0.4 is 0 Å². The van der Waals surface area contributed by atoms with Gasteiger partial charge >= 0.3 is 0 Å². The number of hydrogen-bond acceptors (Lipinski definition) is 3. The lowest BCUT2D eigenvalue weighted by Gasteiger charge is -2.32. The largest absolute Gasteiger partial charge is 0.342 e. The molecule has 0 saturated carbocycles. The van der Waals surface area contributed by atoms with Gasteiger partial charge in [-0.25, -0.2) is 0 Å². The van der Waals surface area contributed by atoms with Gasteiger partial charge in [0.15, 0.2) is 0 Å². The van der Waals surface area contributed by atoms with Gasteiger partial charge in [-0.05, 0) is 31.2 Å². The molecule has 26 heavy (non-hydrogen) atoms. The maximum absolute atomic E-state index is 12.7. The first kappa shape index (κ1) is 18.9. The molecule has 1 aromatic rings. The van der Waals surface area contributed by atoms with Crippen molar-refractivity contribution in [2.24, 2.45) is 0 Å². The van der Waals surface area contributed by atoms with Crippen LogP contribution in [0.15, 0.2) is 30.3 Å². The first-order chi connectivity index (χ1) is 12.7. The molecule has 2 fully saturated rings. The van der Waals surface area contributed by atoms with E-state index < -0.39 is 0 Å². The van der Waals surface area contributed by atoms with Crippen LogP contribution in [0.3, 0.4) is 0 Å². The summed E-state index contributed by atoms with van der Waals surface area (Å²) in [5, 5.41) is 0. The van der Waals surface area contributed by atoms with Gasteiger partial charge in [0.25, 0.3) is 0 Å². The van der Waals surface area contributed by atoms with Crippen LogP contribution in [0.1, 0.15) is 44.6 Å². The zero-order valence-corrected chi connectivity index (χ0v) is 15.9. The van der Waals surface area contributed by atoms with Crippen molar-refractivity contribution in [3.63, 3.8) is 0 Å². The molecule has 0 radical (unpaired) electrons. The fourth-order valence-electron chi connectivity index (χ4n) is 4.01. The van der Waals surface area contributed by atoms with E-state index in [1.807, 2.05) is 28.0 Å². The second-order valence-electron chi connectivity index (χ2n) is 7.50. The summed E-state index contributed by atoms with van der Waals surface area (Å²) in [4.78, 5) is 31.5. The number of rotatable bonds is 5. The number of amides is 2. The molecule has 3 rings (SSSR count). The summed E-state index contributed by atoms with van der Waals surface area (Å²) in [5.74, 6) is 0.428. The van der Waals surface area contributed by atoms with Gasteiger partial charge in [0.1, 0.15) is 0 Å². The maximum atomic E-state index is 12.7. The zero-order chi connectivity index (χ0) is 18.4. The highest BCUT2D eigenvalue weighted by Gasteiger charge is 2.30. The van der Waals surface area contributed by atoms with Crippen molar-refractivity contribution in [1.82, 2.24) is 14.7 Å². The standard InChI is InChI=1S/C21H31N3O2/c1-2-19-16-22(17-21(26)23-12-7-4-8-13-23)14-11-20(25)24(19)15-18-9-5-3-6-10-18/h3,5-6,9-10,19H,2,4,7-8,11-17H2,1H3/t19-/m0/s1. The van der Waals surface area contributed by atoms with Crippen molar-refractivity contribution in [3.05, 3.63) is 35.9 Å². The minimum atomic E-state index is 0.166. The third kappa shape index (κ3) is 4.85. The number of likely N-dealkylation sites (tertiary alicyclic amines) is 1. The van der Waals surface area contributed by atoms with Gasteiger partial charge in [-0.3, -0.25) is 14.5 Å². The molecule has 142 valence electrons. The molecular formula is C21H31N3O2. The lowest BCUT2D eigenvalue weighted by Crippen LogP contribution is -2.46. The molecule has 0 N–H and O–H groups in total. The molecule has 1 aromatic carbocycles. The average molecular weight is 357 g/mol. The first-order valence-electron chi connectivity index (χ1n) is 10.0. The normalized spacial score (nSPS) is 22.3. The van der Waals surface area contributed by atoms with Gasteiger partial charge < -0.3 is 9.80 Å². The Hall–Kier alpha value is -1.88. The van der Waals surface area contributed by atoms with Crippen LogP contribution in [0.4, 0.5) is 0 Å². The number of piperidine rings is 1. The van der Waals surface area contributed by atoms with Crippen molar-refractivity contribution in [2.75, 3.05) is 32.7 Å². The topological polar surface area (TPSA) is 43.9 Å². The molecule has 2 aliphatic rings. The molecule has 0 aliphatic carbocycles. The summed E-state index contributed by atoms with van der Waals surface area (Å²) < 4.78 is 0. The van der Waals surface area contributed by atoms with Gasteiger partial charge in [-0.15, -0.1) is 0 Å². The van der Waals surface area contributed by atoms with E-state index in [2.05, 4.69) is 24.0 Å². The van der Waals surface area contributed by atoms with E-state index in [1.54, 1.807) is 0 Å². The van der Waals surface area contributed by atoms with E-state index in [4.69, 9.17) is 0 Å². The Morgan fingerprint density at radius 1 is 1.08 bits per heavy atom. The number of hydrogen-bond donors (Lipinski definition) is 0. The summed E-state index contributed by atoms with van der Waals surface area (Å²) >= 11 is 0. The highest BCUT2D eigenvalue weighted by Crippen LogP contribution is 2.18. The van der Waals surface area contributed by atoms with Crippen molar-refractivity contribution in [3.8, 4) is 0 Å². The molecule has 5 nitrogen and oxygen atoms in total. The molecule has 1 atom stereocenters. The molecule has 0 unspecified atom stereocenters. The van der Waals surface area contributed by atoms with Crippen LogP contribution in [-0.2, 0) is 16.1 Å². The molecule has 0 bridgehead atoms. The van der Waals surface area contributed by atoms with E-state index in [1.165, 1.54) is 6.42 Å². The Morgan fingerprint density at radius 3 is 2.50 bits per heavy atom. The highest BCUT2D eigenvalue weighted by molar-refractivity contribution is 5.79. The van der Waals surface area contributed by atoms with Gasteiger partial charge in [0.2, 0.25) is 11.8 Å². The Morgan fingerprint density at radius 2 is 1.81 bits per heavy atom. The fraction of sp³-hybridized carbons (Fsp3) is 0.619. The predicted octanol–water partition coefficient (Wildman–Crippen LogP) is 2.51. The highest BCUT2D eigenvalue weighted by atomic mass is 16.2. The van der Waals surface area contributed by atoms with Gasteiger partial charge in [-0.2, -0.15) is 0 Å². The minimum Gasteiger partial charge on any atom is -0.342 e. The Labute approximate surface area is 156 Å². The SMILES string of the molecule is CC[C@H]1CN(CC(=O)N2CCCCC2)CCC(=O)N1Cc1ccccc1. The third-order valence-corrected chi connectivity index (χ3v) is 5.61. The van der Waals surface area contributed by atoms with Crippen molar-refractivity contribution < 1.29 is 9.59 Å². The van der Waals surface area contributed by atoms with Crippen LogP contribution in [0.25, 0.3) is 0 Å². The minimum absolute atomic E-state index is 0.166. The van der Waals surface area contributed by atoms with Crippen LogP contribution in [0.2, 0.25) is 0 Å². The van der Waals surface area contributed by atoms with E-state index in [0.717, 1.165) is 44.5 Å². The second-order valence-corrected chi connectivity index (χ2v) is 7.50. The number of carbonyl (C=O) groups is 2.